The van der Waals surface area contributed by atoms with Crippen LogP contribution in [-0.4, -0.2) is 41.7 Å². The van der Waals surface area contributed by atoms with Crippen molar-refractivity contribution in [3.05, 3.63) is 0 Å². The Kier molecular flexibility index (Phi) is 3.31. The van der Waals surface area contributed by atoms with Crippen molar-refractivity contribution in [3.8, 4) is 0 Å². The Bertz CT molecular complexity index is 155. The Morgan fingerprint density at radius 3 is 2.75 bits per heavy atom. The van der Waals surface area contributed by atoms with Crippen LogP contribution >= 0.6 is 0 Å². The highest BCUT2D eigenvalue weighted by molar-refractivity contribution is 5.67. The third-order valence-corrected chi connectivity index (χ3v) is 1.76. The fraction of sp³-hybridized carbons (Fsp3) is 0.857. The van der Waals surface area contributed by atoms with Gasteiger partial charge in [-0.25, -0.2) is 4.79 Å². The predicted octanol–water partition coefficient (Wildman–Crippen LogP) is -0.772. The molecule has 0 aromatic heterocycles. The molecule has 0 heterocycles. The number of aliphatic hydroxyl groups is 2. The summed E-state index contributed by atoms with van der Waals surface area (Å²) in [5.74, 6) is 0. The van der Waals surface area contributed by atoms with E-state index in [1.165, 1.54) is 0 Å². The van der Waals surface area contributed by atoms with E-state index >= 15 is 0 Å². The second-order valence-corrected chi connectivity index (χ2v) is 2.83. The summed E-state index contributed by atoms with van der Waals surface area (Å²) >= 11 is 0. The summed E-state index contributed by atoms with van der Waals surface area (Å²) in [5.41, 5.74) is 0. The second-order valence-electron chi connectivity index (χ2n) is 2.83. The van der Waals surface area contributed by atoms with Gasteiger partial charge in [0.25, 0.3) is 0 Å². The average molecular weight is 175 g/mol. The first kappa shape index (κ1) is 9.28. The Balaban J connectivity index is 2.03. The molecule has 3 N–H and O–H groups in total. The molecule has 1 aliphatic rings. The first-order valence-corrected chi connectivity index (χ1v) is 3.94. The van der Waals surface area contributed by atoms with Gasteiger partial charge in [0.15, 0.2) is 0 Å². The highest BCUT2D eigenvalue weighted by atomic mass is 16.6. The molecular weight excluding hydrogens is 162 g/mol. The smallest absolute Gasteiger partial charge is 0.407 e. The largest absolute Gasteiger partial charge is 0.447 e. The highest BCUT2D eigenvalue weighted by Crippen LogP contribution is 2.19. The molecule has 0 unspecified atom stereocenters. The lowest BCUT2D eigenvalue weighted by atomic mass is 9.90. The number of rotatable bonds is 3. The van der Waals surface area contributed by atoms with E-state index in [-0.39, 0.29) is 25.4 Å². The standard InChI is InChI=1S/C7H13NO4/c9-1-2-12-7(11)8-5-3-6(10)4-5/h5-6,9-10H,1-4H2,(H,8,11). The van der Waals surface area contributed by atoms with Gasteiger partial charge >= 0.3 is 6.09 Å². The lowest BCUT2D eigenvalue weighted by molar-refractivity contribution is 0.0552. The quantitative estimate of drug-likeness (QED) is 0.526. The molecule has 5 heteroatoms. The van der Waals surface area contributed by atoms with Crippen LogP contribution in [0.1, 0.15) is 12.8 Å². The monoisotopic (exact) mass is 175 g/mol. The van der Waals surface area contributed by atoms with E-state index in [4.69, 9.17) is 10.2 Å². The molecule has 0 aliphatic heterocycles. The third kappa shape index (κ3) is 2.67. The van der Waals surface area contributed by atoms with Crippen LogP contribution in [0, 0.1) is 0 Å². The number of nitrogens with one attached hydrogen (secondary N) is 1. The molecule has 0 radical (unpaired) electrons. The van der Waals surface area contributed by atoms with Crippen LogP contribution in [0.3, 0.4) is 0 Å². The molecule has 0 spiro atoms. The van der Waals surface area contributed by atoms with E-state index in [2.05, 4.69) is 10.1 Å². The van der Waals surface area contributed by atoms with Gasteiger partial charge in [0.1, 0.15) is 6.61 Å². The van der Waals surface area contributed by atoms with Gasteiger partial charge in [-0.1, -0.05) is 0 Å². The minimum Gasteiger partial charge on any atom is -0.447 e. The molecule has 70 valence electrons. The maximum atomic E-state index is 10.8. The Morgan fingerprint density at radius 1 is 1.58 bits per heavy atom. The van der Waals surface area contributed by atoms with Gasteiger partial charge in [-0.3, -0.25) is 0 Å². The minimum atomic E-state index is -0.527. The number of aliphatic hydroxyl groups excluding tert-OH is 2. The van der Waals surface area contributed by atoms with E-state index in [1.54, 1.807) is 0 Å². The summed E-state index contributed by atoms with van der Waals surface area (Å²) in [6, 6.07) is 0.0335. The van der Waals surface area contributed by atoms with Gasteiger partial charge in [0.2, 0.25) is 0 Å². The van der Waals surface area contributed by atoms with Crippen molar-refractivity contribution in [2.24, 2.45) is 0 Å². The highest BCUT2D eigenvalue weighted by Gasteiger charge is 2.28. The average Bonchev–Trinajstić information content (AvgIpc) is 1.98. The molecule has 1 amide bonds. The SMILES string of the molecule is O=C(NC1CC(O)C1)OCCO. The number of ether oxygens (including phenoxy) is 1. The zero-order chi connectivity index (χ0) is 8.97. The maximum absolute atomic E-state index is 10.8. The van der Waals surface area contributed by atoms with E-state index in [0.29, 0.717) is 12.8 Å². The van der Waals surface area contributed by atoms with E-state index in [1.807, 2.05) is 0 Å². The number of alkyl carbamates (subject to hydrolysis) is 1. The molecule has 0 bridgehead atoms. The molecule has 0 atom stereocenters. The van der Waals surface area contributed by atoms with Crippen molar-refractivity contribution in [3.63, 3.8) is 0 Å². The topological polar surface area (TPSA) is 78.8 Å². The first-order valence-electron chi connectivity index (χ1n) is 3.94. The summed E-state index contributed by atoms with van der Waals surface area (Å²) in [6.07, 6.45) is 0.372. The lowest BCUT2D eigenvalue weighted by Crippen LogP contribution is -2.47. The molecule has 1 rings (SSSR count). The minimum absolute atomic E-state index is 0.0150. The first-order chi connectivity index (χ1) is 5.72. The van der Waals surface area contributed by atoms with E-state index in [0.717, 1.165) is 0 Å². The van der Waals surface area contributed by atoms with Crippen molar-refractivity contribution in [1.29, 1.82) is 0 Å². The zero-order valence-corrected chi connectivity index (χ0v) is 6.69. The van der Waals surface area contributed by atoms with Gasteiger partial charge in [0.05, 0.1) is 12.7 Å². The molecule has 1 aliphatic carbocycles. The van der Waals surface area contributed by atoms with Crippen molar-refractivity contribution in [1.82, 2.24) is 5.32 Å². The van der Waals surface area contributed by atoms with Crippen LogP contribution in [0.4, 0.5) is 4.79 Å². The maximum Gasteiger partial charge on any atom is 0.407 e. The summed E-state index contributed by atoms with van der Waals surface area (Å²) < 4.78 is 4.55. The predicted molar refractivity (Wildman–Crippen MR) is 40.6 cm³/mol. The summed E-state index contributed by atoms with van der Waals surface area (Å²) in [7, 11) is 0. The van der Waals surface area contributed by atoms with Crippen LogP contribution in [0.2, 0.25) is 0 Å². The lowest BCUT2D eigenvalue weighted by Gasteiger charge is -2.31. The van der Waals surface area contributed by atoms with E-state index < -0.39 is 6.09 Å². The second kappa shape index (κ2) is 4.27. The van der Waals surface area contributed by atoms with Crippen LogP contribution in [0.15, 0.2) is 0 Å². The number of amides is 1. The third-order valence-electron chi connectivity index (χ3n) is 1.76. The molecule has 1 fully saturated rings. The van der Waals surface area contributed by atoms with Crippen molar-refractivity contribution < 1.29 is 19.7 Å². The molecule has 0 saturated heterocycles. The fourth-order valence-corrected chi connectivity index (χ4v) is 1.05. The Morgan fingerprint density at radius 2 is 2.25 bits per heavy atom. The van der Waals surface area contributed by atoms with Gasteiger partial charge in [-0.15, -0.1) is 0 Å². The van der Waals surface area contributed by atoms with Gasteiger partial charge in [-0.05, 0) is 12.8 Å². The number of hydrogen-bond donors (Lipinski definition) is 3. The van der Waals surface area contributed by atoms with Gasteiger partial charge < -0.3 is 20.3 Å². The molecule has 1 saturated carbocycles. The molecule has 0 aromatic rings. The summed E-state index contributed by atoms with van der Waals surface area (Å²) in [4.78, 5) is 10.8. The number of carbonyl (C=O) groups excluding carboxylic acids is 1. The molecule has 12 heavy (non-hydrogen) atoms. The molecule has 5 nitrogen and oxygen atoms in total. The summed E-state index contributed by atoms with van der Waals surface area (Å²) in [6.45, 7) is -0.151. The van der Waals surface area contributed by atoms with Crippen molar-refractivity contribution in [2.45, 2.75) is 25.0 Å². The Labute approximate surface area is 70.3 Å². The normalized spacial score (nSPS) is 27.5. The fourth-order valence-electron chi connectivity index (χ4n) is 1.05. The van der Waals surface area contributed by atoms with Gasteiger partial charge in [0, 0.05) is 6.04 Å². The van der Waals surface area contributed by atoms with Crippen molar-refractivity contribution >= 4 is 6.09 Å². The summed E-state index contributed by atoms with van der Waals surface area (Å²) in [5, 5.41) is 19.7. The van der Waals surface area contributed by atoms with Crippen LogP contribution in [0.25, 0.3) is 0 Å². The Hall–Kier alpha value is -0.810. The zero-order valence-electron chi connectivity index (χ0n) is 6.69. The number of carbonyl (C=O) groups is 1. The molecule has 0 aromatic carbocycles. The van der Waals surface area contributed by atoms with Crippen LogP contribution < -0.4 is 5.32 Å². The van der Waals surface area contributed by atoms with Crippen LogP contribution in [-0.2, 0) is 4.74 Å². The molecular formula is C7H13NO4. The van der Waals surface area contributed by atoms with Crippen LogP contribution in [0.5, 0.6) is 0 Å². The number of hydrogen-bond acceptors (Lipinski definition) is 4. The van der Waals surface area contributed by atoms with Crippen molar-refractivity contribution in [2.75, 3.05) is 13.2 Å². The van der Waals surface area contributed by atoms with E-state index in [9.17, 15) is 4.79 Å². The van der Waals surface area contributed by atoms with Gasteiger partial charge in [-0.2, -0.15) is 0 Å².